The summed E-state index contributed by atoms with van der Waals surface area (Å²) in [7, 11) is 11.6. The predicted molar refractivity (Wildman–Crippen MR) is 280 cm³/mol. The molecule has 2 aromatic rings. The van der Waals surface area contributed by atoms with Crippen LogP contribution >= 0.6 is 43.9 Å². The summed E-state index contributed by atoms with van der Waals surface area (Å²) in [5, 5.41) is 0. The van der Waals surface area contributed by atoms with Gasteiger partial charge in [0, 0.05) is 11.1 Å². The number of hydrogen-bond acceptors (Lipinski definition) is 4. The molecule has 0 fully saturated rings. The van der Waals surface area contributed by atoms with Crippen LogP contribution in [0.3, 0.4) is 0 Å². The van der Waals surface area contributed by atoms with E-state index in [0.717, 1.165) is 22.1 Å². The summed E-state index contributed by atoms with van der Waals surface area (Å²) in [6.45, 7) is 9.50. The minimum absolute atomic E-state index is 1.11. The molecule has 0 saturated heterocycles. The van der Waals surface area contributed by atoms with Gasteiger partial charge in [-0.15, -0.1) is 0 Å². The van der Waals surface area contributed by atoms with Crippen molar-refractivity contribution in [2.75, 3.05) is 41.3 Å². The van der Waals surface area contributed by atoms with Crippen molar-refractivity contribution >= 4 is 43.9 Å². The monoisotopic (exact) mass is 1040 g/mol. The second-order valence-corrected chi connectivity index (χ2v) is 30.0. The van der Waals surface area contributed by atoms with Crippen molar-refractivity contribution in [2.45, 2.75) is 232 Å². The van der Waals surface area contributed by atoms with Crippen LogP contribution in [0, 0.1) is 0 Å². The molecule has 11 heteroatoms. The SMILES string of the molecule is CCCCCCCCCCCCCCCCCC[N+](C)(C)Cc1ccccc1.CCCCCCCCCCCCCCCCCC[N+](C)(C)Cc1ccccc1.[O]=[Mn](=[O])([Cl])([Cl])([O]Cl)[O]Cl. The fourth-order valence-corrected chi connectivity index (χ4v) is 8.82. The van der Waals surface area contributed by atoms with Gasteiger partial charge in [0.15, 0.2) is 0 Å². The van der Waals surface area contributed by atoms with Crippen LogP contribution in [0.1, 0.15) is 230 Å². The Balaban J connectivity index is 0.00000106. The number of hydrogen-bond donors (Lipinski definition) is 0. The molecule has 0 spiro atoms. The summed E-state index contributed by atoms with van der Waals surface area (Å²) in [5.41, 5.74) is 2.92. The molecule has 2 rings (SSSR count). The first kappa shape index (κ1) is 64.6. The summed E-state index contributed by atoms with van der Waals surface area (Å²) in [6.07, 6.45) is 46.3. The Morgan fingerprint density at radius 3 is 0.754 bits per heavy atom. The van der Waals surface area contributed by atoms with Crippen LogP contribution in [0.15, 0.2) is 60.7 Å². The number of benzene rings is 2. The molecular formula is C54H100Cl4MnN2O4+2. The standard InChI is InChI=1S/2C27H50N.2ClO.2ClH.Mn.2O/c2*1-4-5-6-7-8-9-10-11-12-13-14-15-16-17-18-22-25-28(2,3)26-27-23-20-19-21-24-27;2*1-2;;;;;/h2*19-21,23-24H,4-18,22,25-26H2,1-3H3;;;2*1H;;;/q2*+1;2*-1;;;+4;;/p-2. The Bertz CT molecular complexity index is 1430. The molecule has 0 aliphatic heterocycles. The van der Waals surface area contributed by atoms with Crippen molar-refractivity contribution in [1.29, 1.82) is 0 Å². The molecule has 0 aliphatic rings. The summed E-state index contributed by atoms with van der Waals surface area (Å²) in [4.78, 5) is 0. The molecule has 0 atom stereocenters. The van der Waals surface area contributed by atoms with Crippen molar-refractivity contribution in [1.82, 2.24) is 0 Å². The normalized spacial score (nSPS) is 13.0. The van der Waals surface area contributed by atoms with Gasteiger partial charge in [-0.05, 0) is 25.7 Å². The molecule has 0 heterocycles. The fraction of sp³-hybridized carbons (Fsp3) is 0.778. The maximum atomic E-state index is 10.4. The zero-order valence-corrected chi connectivity index (χ0v) is 46.9. The third kappa shape index (κ3) is 44.5. The van der Waals surface area contributed by atoms with Crippen LogP contribution in [0.4, 0.5) is 0 Å². The first-order valence-electron chi connectivity index (χ1n) is 26.2. The van der Waals surface area contributed by atoms with Crippen LogP contribution in [-0.2, 0) is 36.9 Å². The third-order valence-electron chi connectivity index (χ3n) is 12.4. The van der Waals surface area contributed by atoms with Gasteiger partial charge in [0.1, 0.15) is 13.1 Å². The van der Waals surface area contributed by atoms with Crippen molar-refractivity contribution < 1.29 is 32.8 Å². The quantitative estimate of drug-likeness (QED) is 0.0379. The predicted octanol–water partition coefficient (Wildman–Crippen LogP) is 19.4. The number of rotatable bonds is 40. The van der Waals surface area contributed by atoms with Crippen LogP contribution in [0.2, 0.25) is 0 Å². The van der Waals surface area contributed by atoms with Gasteiger partial charge in [-0.25, -0.2) is 0 Å². The molecule has 0 amide bonds. The minimum atomic E-state index is -6.97. The molecule has 65 heavy (non-hydrogen) atoms. The molecule has 6 nitrogen and oxygen atoms in total. The van der Waals surface area contributed by atoms with Gasteiger partial charge in [-0.2, -0.15) is 0 Å². The molecule has 0 saturated carbocycles. The Labute approximate surface area is 419 Å². The number of nitrogens with zero attached hydrogens (tertiary/aromatic N) is 2. The van der Waals surface area contributed by atoms with E-state index in [1.165, 1.54) is 230 Å². The van der Waals surface area contributed by atoms with Crippen LogP contribution in [-0.4, -0.2) is 50.2 Å². The molecule has 0 unspecified atom stereocenters. The first-order valence-corrected chi connectivity index (χ1v) is 32.0. The van der Waals surface area contributed by atoms with Gasteiger partial charge < -0.3 is 8.97 Å². The van der Waals surface area contributed by atoms with E-state index in [1.54, 1.807) is 0 Å². The van der Waals surface area contributed by atoms with E-state index >= 15 is 0 Å². The van der Waals surface area contributed by atoms with E-state index in [4.69, 9.17) is 0 Å². The van der Waals surface area contributed by atoms with Crippen LogP contribution < -0.4 is 0 Å². The van der Waals surface area contributed by atoms with E-state index < -0.39 is 9.43 Å². The Hall–Kier alpha value is -0.441. The van der Waals surface area contributed by atoms with Crippen molar-refractivity contribution in [3.8, 4) is 0 Å². The Morgan fingerprint density at radius 1 is 0.369 bits per heavy atom. The molecule has 0 bridgehead atoms. The second-order valence-electron chi connectivity index (χ2n) is 20.2. The molecule has 0 N–H and O–H groups in total. The molecule has 2 aromatic carbocycles. The van der Waals surface area contributed by atoms with E-state index in [-0.39, 0.29) is 0 Å². The van der Waals surface area contributed by atoms with E-state index in [0.29, 0.717) is 0 Å². The summed E-state index contributed by atoms with van der Waals surface area (Å²) in [5.74, 6) is 0. The van der Waals surface area contributed by atoms with Crippen molar-refractivity contribution in [3.63, 3.8) is 0 Å². The molecule has 383 valence electrons. The van der Waals surface area contributed by atoms with E-state index in [2.05, 4.69) is 153 Å². The van der Waals surface area contributed by atoms with Gasteiger partial charge in [0.2, 0.25) is 0 Å². The molecule has 0 aliphatic carbocycles. The third-order valence-corrected chi connectivity index (χ3v) is 17.2. The van der Waals surface area contributed by atoms with Crippen LogP contribution in [0.25, 0.3) is 0 Å². The zero-order chi connectivity index (χ0) is 48.5. The number of unbranched alkanes of at least 4 members (excludes halogenated alkanes) is 30. The van der Waals surface area contributed by atoms with E-state index in [9.17, 15) is 7.67 Å². The van der Waals surface area contributed by atoms with Crippen LogP contribution in [0.5, 0.6) is 0 Å². The average molecular weight is 1040 g/mol. The average Bonchev–Trinajstić information content (AvgIpc) is 3.27. The second kappa shape index (κ2) is 38.3. The zero-order valence-electron chi connectivity index (χ0n) is 42.6. The van der Waals surface area contributed by atoms with Crippen molar-refractivity contribution in [3.05, 3.63) is 71.8 Å². The first-order chi connectivity index (χ1) is 30.9. The molecule has 0 aromatic heterocycles. The fourth-order valence-electron chi connectivity index (χ4n) is 8.50. The van der Waals surface area contributed by atoms with Gasteiger partial charge in [-0.1, -0.05) is 254 Å². The van der Waals surface area contributed by atoms with Crippen molar-refractivity contribution in [2.24, 2.45) is 0 Å². The Morgan fingerprint density at radius 2 is 0.569 bits per heavy atom. The number of halogens is 4. The number of quaternary nitrogens is 2. The summed E-state index contributed by atoms with van der Waals surface area (Å²) < 4.78 is 29.4. The van der Waals surface area contributed by atoms with Gasteiger partial charge >= 0.3 is 67.8 Å². The summed E-state index contributed by atoms with van der Waals surface area (Å²) >= 11 is 8.69. The van der Waals surface area contributed by atoms with E-state index in [1.807, 2.05) is 0 Å². The Kier molecular flexibility index (Phi) is 38.1. The van der Waals surface area contributed by atoms with Gasteiger partial charge in [0.25, 0.3) is 0 Å². The molecule has 0 radical (unpaired) electrons. The van der Waals surface area contributed by atoms with Gasteiger partial charge in [0.05, 0.1) is 41.3 Å². The summed E-state index contributed by atoms with van der Waals surface area (Å²) in [6, 6.07) is 21.9. The topological polar surface area (TPSA) is 52.6 Å². The maximum absolute atomic E-state index is 10.4. The van der Waals surface area contributed by atoms with Gasteiger partial charge in [-0.3, -0.25) is 0 Å². The molecular weight excluding hydrogens is 937 g/mol.